The highest BCUT2D eigenvalue weighted by atomic mass is 19.4. The van der Waals surface area contributed by atoms with Crippen LogP contribution in [0.3, 0.4) is 0 Å². The second-order valence-electron chi connectivity index (χ2n) is 4.64. The van der Waals surface area contributed by atoms with Gasteiger partial charge >= 0.3 is 6.18 Å². The van der Waals surface area contributed by atoms with Crippen molar-refractivity contribution in [2.24, 2.45) is 17.6 Å². The molecule has 0 heterocycles. The summed E-state index contributed by atoms with van der Waals surface area (Å²) in [5.41, 5.74) is 5.33. The SMILES string of the molecule is CN(CCN)C(=O)C1CCC(C(F)(F)F)CC1. The Hall–Kier alpha value is -0.780. The largest absolute Gasteiger partial charge is 0.391 e. The first-order chi connectivity index (χ1) is 7.86. The average molecular weight is 252 g/mol. The molecule has 0 aromatic heterocycles. The Bertz CT molecular complexity index is 260. The minimum Gasteiger partial charge on any atom is -0.344 e. The van der Waals surface area contributed by atoms with Crippen LogP contribution >= 0.6 is 0 Å². The highest BCUT2D eigenvalue weighted by Gasteiger charge is 2.42. The summed E-state index contributed by atoms with van der Waals surface area (Å²) in [5.74, 6) is -1.56. The van der Waals surface area contributed by atoms with Gasteiger partial charge in [0.05, 0.1) is 5.92 Å². The van der Waals surface area contributed by atoms with Crippen molar-refractivity contribution in [3.05, 3.63) is 0 Å². The van der Waals surface area contributed by atoms with Crippen molar-refractivity contribution >= 4 is 5.91 Å². The zero-order valence-electron chi connectivity index (χ0n) is 9.96. The summed E-state index contributed by atoms with van der Waals surface area (Å²) < 4.78 is 37.3. The van der Waals surface area contributed by atoms with E-state index in [0.717, 1.165) is 0 Å². The third-order valence-electron chi connectivity index (χ3n) is 3.38. The van der Waals surface area contributed by atoms with Gasteiger partial charge in [-0.05, 0) is 25.7 Å². The van der Waals surface area contributed by atoms with Crippen molar-refractivity contribution in [2.75, 3.05) is 20.1 Å². The second kappa shape index (κ2) is 5.71. The Morgan fingerprint density at radius 3 is 2.24 bits per heavy atom. The number of carbonyl (C=O) groups excluding carboxylic acids is 1. The van der Waals surface area contributed by atoms with Gasteiger partial charge in [-0.25, -0.2) is 0 Å². The van der Waals surface area contributed by atoms with Crippen LogP contribution in [0.15, 0.2) is 0 Å². The molecule has 17 heavy (non-hydrogen) atoms. The average Bonchev–Trinajstić information content (AvgIpc) is 2.27. The molecule has 2 N–H and O–H groups in total. The number of hydrogen-bond acceptors (Lipinski definition) is 2. The lowest BCUT2D eigenvalue weighted by Crippen LogP contribution is -2.39. The van der Waals surface area contributed by atoms with Crippen molar-refractivity contribution in [3.8, 4) is 0 Å². The predicted molar refractivity (Wildman–Crippen MR) is 58.2 cm³/mol. The van der Waals surface area contributed by atoms with Crippen molar-refractivity contribution in [1.82, 2.24) is 4.90 Å². The standard InChI is InChI=1S/C11H19F3N2O/c1-16(7-6-15)10(17)8-2-4-9(5-3-8)11(12,13)14/h8-9H,2-7,15H2,1H3. The number of amides is 1. The molecule has 6 heteroatoms. The molecule has 0 aromatic rings. The molecule has 3 nitrogen and oxygen atoms in total. The summed E-state index contributed by atoms with van der Waals surface area (Å²) >= 11 is 0. The maximum atomic E-state index is 12.4. The number of alkyl halides is 3. The molecule has 0 unspecified atom stereocenters. The van der Waals surface area contributed by atoms with Crippen LogP contribution in [0.2, 0.25) is 0 Å². The van der Waals surface area contributed by atoms with E-state index in [2.05, 4.69) is 0 Å². The van der Waals surface area contributed by atoms with E-state index < -0.39 is 12.1 Å². The number of rotatable bonds is 3. The van der Waals surface area contributed by atoms with E-state index in [-0.39, 0.29) is 24.7 Å². The Kier molecular flexibility index (Phi) is 4.80. The fourth-order valence-electron chi connectivity index (χ4n) is 2.28. The molecule has 1 aliphatic carbocycles. The van der Waals surface area contributed by atoms with Crippen molar-refractivity contribution in [3.63, 3.8) is 0 Å². The first-order valence-electron chi connectivity index (χ1n) is 5.88. The summed E-state index contributed by atoms with van der Waals surface area (Å²) in [4.78, 5) is 13.3. The van der Waals surface area contributed by atoms with Crippen molar-refractivity contribution in [2.45, 2.75) is 31.9 Å². The Balaban J connectivity index is 2.44. The van der Waals surface area contributed by atoms with E-state index in [1.165, 1.54) is 4.90 Å². The minimum absolute atomic E-state index is 0.0658. The molecule has 100 valence electrons. The zero-order chi connectivity index (χ0) is 13.1. The van der Waals surface area contributed by atoms with Crippen LogP contribution in [-0.2, 0) is 4.79 Å². The lowest BCUT2D eigenvalue weighted by molar-refractivity contribution is -0.185. The number of carbonyl (C=O) groups is 1. The molecule has 0 atom stereocenters. The molecule has 0 aliphatic heterocycles. The Morgan fingerprint density at radius 2 is 1.82 bits per heavy atom. The molecule has 0 radical (unpaired) electrons. The van der Waals surface area contributed by atoms with E-state index in [9.17, 15) is 18.0 Å². The predicted octanol–water partition coefficient (Wildman–Crippen LogP) is 1.77. The minimum atomic E-state index is -4.11. The Labute approximate surface area is 99.1 Å². The normalized spacial score (nSPS) is 25.7. The molecule has 1 rings (SSSR count). The van der Waals surface area contributed by atoms with Crippen molar-refractivity contribution < 1.29 is 18.0 Å². The van der Waals surface area contributed by atoms with Gasteiger partial charge in [0.15, 0.2) is 0 Å². The van der Waals surface area contributed by atoms with Crippen LogP contribution in [0.1, 0.15) is 25.7 Å². The zero-order valence-corrected chi connectivity index (χ0v) is 9.96. The molecule has 1 amide bonds. The summed E-state index contributed by atoms with van der Waals surface area (Å²) in [6, 6.07) is 0. The van der Waals surface area contributed by atoms with Gasteiger partial charge in [-0.1, -0.05) is 0 Å². The molecule has 0 bridgehead atoms. The lowest BCUT2D eigenvalue weighted by Gasteiger charge is -2.31. The monoisotopic (exact) mass is 252 g/mol. The number of likely N-dealkylation sites (N-methyl/N-ethyl adjacent to an activating group) is 1. The van der Waals surface area contributed by atoms with Gasteiger partial charge in [-0.3, -0.25) is 4.79 Å². The van der Waals surface area contributed by atoms with Gasteiger partial charge in [0.25, 0.3) is 0 Å². The van der Waals surface area contributed by atoms with E-state index in [1.807, 2.05) is 0 Å². The van der Waals surface area contributed by atoms with Crippen LogP contribution in [0.25, 0.3) is 0 Å². The molecule has 0 spiro atoms. The highest BCUT2D eigenvalue weighted by Crippen LogP contribution is 2.39. The molecular formula is C11H19F3N2O. The van der Waals surface area contributed by atoms with E-state index in [1.54, 1.807) is 7.05 Å². The number of halogens is 3. The van der Waals surface area contributed by atoms with Crippen LogP contribution in [0.5, 0.6) is 0 Å². The third kappa shape index (κ3) is 3.87. The van der Waals surface area contributed by atoms with Gasteiger partial charge < -0.3 is 10.6 Å². The topological polar surface area (TPSA) is 46.3 Å². The van der Waals surface area contributed by atoms with Gasteiger partial charge in [0.1, 0.15) is 0 Å². The van der Waals surface area contributed by atoms with Crippen molar-refractivity contribution in [1.29, 1.82) is 0 Å². The van der Waals surface area contributed by atoms with E-state index in [0.29, 0.717) is 25.9 Å². The quantitative estimate of drug-likeness (QED) is 0.832. The molecular weight excluding hydrogens is 233 g/mol. The van der Waals surface area contributed by atoms with Gasteiger partial charge in [-0.15, -0.1) is 0 Å². The lowest BCUT2D eigenvalue weighted by atomic mass is 9.81. The van der Waals surface area contributed by atoms with E-state index in [4.69, 9.17) is 5.73 Å². The maximum Gasteiger partial charge on any atom is 0.391 e. The molecule has 0 saturated heterocycles. The summed E-state index contributed by atoms with van der Waals surface area (Å²) in [6.45, 7) is 0.832. The first-order valence-corrected chi connectivity index (χ1v) is 5.88. The number of hydrogen-bond donors (Lipinski definition) is 1. The van der Waals surface area contributed by atoms with Crippen LogP contribution in [-0.4, -0.2) is 37.1 Å². The van der Waals surface area contributed by atoms with Gasteiger partial charge in [-0.2, -0.15) is 13.2 Å². The van der Waals surface area contributed by atoms with Crippen LogP contribution in [0, 0.1) is 11.8 Å². The van der Waals surface area contributed by atoms with Crippen LogP contribution in [0.4, 0.5) is 13.2 Å². The maximum absolute atomic E-state index is 12.4. The summed E-state index contributed by atoms with van der Waals surface area (Å²) in [5, 5.41) is 0. The number of nitrogens with two attached hydrogens (primary N) is 1. The summed E-state index contributed by atoms with van der Waals surface area (Å²) in [7, 11) is 1.64. The fraction of sp³-hybridized carbons (Fsp3) is 0.909. The Morgan fingerprint density at radius 1 is 1.29 bits per heavy atom. The summed E-state index contributed by atoms with van der Waals surface area (Å²) in [6.07, 6.45) is -3.32. The van der Waals surface area contributed by atoms with Gasteiger partial charge in [0, 0.05) is 26.1 Å². The third-order valence-corrected chi connectivity index (χ3v) is 3.38. The molecule has 1 fully saturated rings. The number of nitrogens with zero attached hydrogens (tertiary/aromatic N) is 1. The van der Waals surface area contributed by atoms with Gasteiger partial charge in [0.2, 0.25) is 5.91 Å². The second-order valence-corrected chi connectivity index (χ2v) is 4.64. The van der Waals surface area contributed by atoms with E-state index >= 15 is 0 Å². The van der Waals surface area contributed by atoms with Crippen LogP contribution < -0.4 is 5.73 Å². The molecule has 1 saturated carbocycles. The molecule has 1 aliphatic rings. The highest BCUT2D eigenvalue weighted by molar-refractivity contribution is 5.78. The smallest absolute Gasteiger partial charge is 0.344 e. The first kappa shape index (κ1) is 14.3. The molecule has 0 aromatic carbocycles. The fourth-order valence-corrected chi connectivity index (χ4v) is 2.28.